The van der Waals surface area contributed by atoms with Crippen molar-refractivity contribution in [3.8, 4) is 10.7 Å². The summed E-state index contributed by atoms with van der Waals surface area (Å²) in [5, 5.41) is 108. The van der Waals surface area contributed by atoms with Crippen LogP contribution in [0.4, 0.5) is 10.6 Å². The Hall–Kier alpha value is -7.69. The van der Waals surface area contributed by atoms with Crippen molar-refractivity contribution in [1.29, 1.82) is 0 Å². The number of aromatic nitrogens is 6. The molecule has 2 saturated heterocycles. The number of hydrogen-bond donors (Lipinski definition) is 21. The Bertz CT molecular complexity index is 3240. The van der Waals surface area contributed by atoms with Crippen molar-refractivity contribution in [2.75, 3.05) is 45.1 Å². The van der Waals surface area contributed by atoms with Crippen LogP contribution in [-0.4, -0.2) is 255 Å². The molecule has 41 heteroatoms. The molecule has 4 aromatic heterocycles. The number of nitrogens with two attached hydrogens (primary N) is 6. The molecule has 95 heavy (non-hydrogen) atoms. The van der Waals surface area contributed by atoms with E-state index in [2.05, 4.69) is 61.8 Å². The molecule has 6 rings (SSSR count). The monoisotopic (exact) mass is 1380 g/mol. The van der Waals surface area contributed by atoms with Crippen LogP contribution in [0.2, 0.25) is 0 Å². The molecule has 0 aliphatic carbocycles. The number of ether oxygens (including phenoxy) is 5. The number of nitrogen functional groups attached to an aromatic ring is 1. The van der Waals surface area contributed by atoms with Gasteiger partial charge in [-0.15, -0.1) is 22.7 Å². The van der Waals surface area contributed by atoms with E-state index in [0.717, 1.165) is 18.9 Å². The molecule has 0 saturated carbocycles. The van der Waals surface area contributed by atoms with E-state index in [4.69, 9.17) is 58.1 Å². The average Bonchev–Trinajstić information content (AvgIpc) is 1.21. The van der Waals surface area contributed by atoms with Gasteiger partial charge >= 0.3 is 6.09 Å². The summed E-state index contributed by atoms with van der Waals surface area (Å²) < 4.78 is 28.7. The zero-order chi connectivity index (χ0) is 70.1. The van der Waals surface area contributed by atoms with Crippen molar-refractivity contribution in [2.24, 2.45) is 34.6 Å². The zero-order valence-electron chi connectivity index (χ0n) is 51.8. The van der Waals surface area contributed by atoms with E-state index in [1.807, 2.05) is 0 Å². The maximum Gasteiger partial charge on any atom is 0.404 e. The predicted octanol–water partition coefficient (Wildman–Crippen LogP) is -8.23. The molecule has 0 bridgehead atoms. The first kappa shape index (κ1) is 76.3. The van der Waals surface area contributed by atoms with Crippen molar-refractivity contribution in [3.63, 3.8) is 0 Å². The van der Waals surface area contributed by atoms with Crippen molar-refractivity contribution in [2.45, 2.75) is 163 Å². The number of aliphatic hydroxyl groups is 8. The summed E-state index contributed by atoms with van der Waals surface area (Å²) in [5.74, 6) is -8.75. The lowest BCUT2D eigenvalue weighted by molar-refractivity contribution is -0.372. The number of rotatable bonds is 35. The van der Waals surface area contributed by atoms with Gasteiger partial charge in [-0.25, -0.2) is 29.7 Å². The van der Waals surface area contributed by atoms with Gasteiger partial charge in [-0.2, -0.15) is 0 Å². The molecule has 0 radical (unpaired) electrons. The van der Waals surface area contributed by atoms with Gasteiger partial charge in [0, 0.05) is 48.8 Å². The molecule has 39 nitrogen and oxygen atoms in total. The Morgan fingerprint density at radius 3 is 2.09 bits per heavy atom. The quantitative estimate of drug-likeness (QED) is 0.0190. The number of aliphatic hydroxyl groups excluding tert-OH is 8. The van der Waals surface area contributed by atoms with E-state index in [1.165, 1.54) is 50.4 Å². The SMILES string of the molecule is Cc1c(N)nc([C@H](CC(N)=O)NC[C@H](N)C(N)=O)nc1C(=O)N[C@H](C(=O)N[C@H](C)[C@@H](O)[C@H](C)C(=O)N[C@H](C(=O)NCCc1nc(-c2nc(C(=O)NCCCCN)cs2)cs1)[C@@H](C)O)[C@@H](O[C@@H]1O[C@@H](CO)[C@@H](O)[C@H](O)[C@@H]1O[C@H]1O[C@H](CO)[C@@H](O)[C@H](OC(N)=O)[C@@H]1O)c1cnc[nH]1. The number of amides is 8. The number of H-pyrrole nitrogens is 1. The summed E-state index contributed by atoms with van der Waals surface area (Å²) in [6.07, 6.45) is -23.7. The predicted molar refractivity (Wildman–Crippen MR) is 328 cm³/mol. The Balaban J connectivity index is 1.27. The van der Waals surface area contributed by atoms with Gasteiger partial charge in [0.05, 0.1) is 72.7 Å². The number of aromatic amines is 1. The van der Waals surface area contributed by atoms with Crippen LogP contribution in [0, 0.1) is 12.8 Å². The normalized spacial score (nSPS) is 24.1. The van der Waals surface area contributed by atoms with Crippen LogP contribution in [0.5, 0.6) is 0 Å². The number of nitrogens with zero attached hydrogens (tertiary/aromatic N) is 5. The van der Waals surface area contributed by atoms with Crippen LogP contribution >= 0.6 is 22.7 Å². The third-order valence-electron chi connectivity index (χ3n) is 15.2. The topological polar surface area (TPSA) is 653 Å². The number of nitrogens with one attached hydrogen (secondary N) is 7. The van der Waals surface area contributed by atoms with E-state index < -0.39 is 183 Å². The van der Waals surface area contributed by atoms with Gasteiger partial charge in [0.25, 0.3) is 11.8 Å². The number of anilines is 1. The summed E-state index contributed by atoms with van der Waals surface area (Å²) >= 11 is 2.49. The standard InChI is InChI=1S/C54H82N18O21S2/c1-19-32(69-45(72-43(19)58)24(11-30(57)76)64-12-23(56)44(59)82)49(86)71-34(40(25-13-61-18-65-25)91-53-42(38(80)36(78)28(14-73)90-53)92-52-39(81)41(93-54(60)88)37(79)29(15-74)89-52)50(87)66-21(3)35(77)20(2)46(83)70-33(22(4)75)48(85)63-10-7-31-67-27(17-94-31)51-68-26(16-95-51)47(84)62-9-6-5-8-55/h13,16-18,20-24,28-29,33-42,52-53,64,73-75,77-81H,5-12,14-15,55-56H2,1-4H3,(H2,57,76)(H2,59,82)(H2,60,88)(H,61,65)(H,62,84)(H,63,85)(H,66,87)(H,70,83)(H,71,86)(H2,58,69,72)/t20-,21+,22+,23-,24-,28-,29+,33-,34-,35-,36+,37+,38-,39-,40-,41-,42-,52+,53-/m0/s1. The summed E-state index contributed by atoms with van der Waals surface area (Å²) in [6, 6.07) is -7.86. The first-order valence-electron chi connectivity index (χ1n) is 29.6. The second-order valence-corrected chi connectivity index (χ2v) is 24.1. The summed E-state index contributed by atoms with van der Waals surface area (Å²) in [7, 11) is 0. The van der Waals surface area contributed by atoms with Crippen molar-refractivity contribution >= 4 is 75.9 Å². The smallest absolute Gasteiger partial charge is 0.404 e. The fourth-order valence-electron chi connectivity index (χ4n) is 9.71. The third-order valence-corrected chi connectivity index (χ3v) is 17.0. The molecule has 526 valence electrons. The highest BCUT2D eigenvalue weighted by molar-refractivity contribution is 7.14. The zero-order valence-corrected chi connectivity index (χ0v) is 53.4. The third kappa shape index (κ3) is 20.2. The molecule has 4 aromatic rings. The molecule has 8 amide bonds. The lowest BCUT2D eigenvalue weighted by Gasteiger charge is -2.47. The molecule has 2 aliphatic rings. The maximum absolute atomic E-state index is 15.2. The number of unbranched alkanes of at least 4 members (excludes halogenated alkanes) is 1. The number of carbonyl (C=O) groups excluding carboxylic acids is 8. The Labute approximate surface area is 549 Å². The van der Waals surface area contributed by atoms with E-state index in [0.29, 0.717) is 35.2 Å². The van der Waals surface area contributed by atoms with Crippen molar-refractivity contribution in [3.05, 3.63) is 56.8 Å². The highest BCUT2D eigenvalue weighted by atomic mass is 32.1. The van der Waals surface area contributed by atoms with E-state index in [1.54, 1.807) is 10.8 Å². The fraction of sp³-hybridized carbons (Fsp3) is 0.611. The Morgan fingerprint density at radius 2 is 1.46 bits per heavy atom. The van der Waals surface area contributed by atoms with Crippen LogP contribution in [0.25, 0.3) is 10.7 Å². The first-order valence-corrected chi connectivity index (χ1v) is 31.4. The van der Waals surface area contributed by atoms with Crippen LogP contribution in [0.1, 0.15) is 95.2 Å². The van der Waals surface area contributed by atoms with Gasteiger partial charge in [0.2, 0.25) is 29.5 Å². The van der Waals surface area contributed by atoms with Crippen LogP contribution in [0.3, 0.4) is 0 Å². The minimum atomic E-state index is -2.20. The van der Waals surface area contributed by atoms with E-state index in [9.17, 15) is 74.4 Å². The summed E-state index contributed by atoms with van der Waals surface area (Å²) in [4.78, 5) is 130. The largest absolute Gasteiger partial charge is 0.441 e. The minimum Gasteiger partial charge on any atom is -0.441 e. The van der Waals surface area contributed by atoms with Crippen molar-refractivity contribution < 1.29 is 103 Å². The molecule has 0 aromatic carbocycles. The van der Waals surface area contributed by atoms with Gasteiger partial charge in [0.15, 0.2) is 18.7 Å². The first-order chi connectivity index (χ1) is 45.0. The molecular formula is C54H82N18O21S2. The summed E-state index contributed by atoms with van der Waals surface area (Å²) in [5.41, 5.74) is 33.5. The van der Waals surface area contributed by atoms with Crippen molar-refractivity contribution in [1.82, 2.24) is 61.8 Å². The minimum absolute atomic E-state index is 0.0131. The lowest BCUT2D eigenvalue weighted by atomic mass is 9.96. The van der Waals surface area contributed by atoms with Crippen LogP contribution in [-0.2, 0) is 54.1 Å². The Morgan fingerprint density at radius 1 is 0.768 bits per heavy atom. The number of imidazole rings is 1. The van der Waals surface area contributed by atoms with E-state index >= 15 is 4.79 Å². The van der Waals surface area contributed by atoms with Gasteiger partial charge in [-0.1, -0.05) is 6.92 Å². The highest BCUT2D eigenvalue weighted by Crippen LogP contribution is 2.35. The maximum atomic E-state index is 15.2. The van der Waals surface area contributed by atoms with E-state index in [-0.39, 0.29) is 54.0 Å². The molecule has 2 fully saturated rings. The molecule has 0 spiro atoms. The fourth-order valence-corrected chi connectivity index (χ4v) is 11.3. The number of hydrogen-bond acceptors (Lipinski definition) is 32. The molecule has 0 unspecified atom stereocenters. The molecule has 6 heterocycles. The summed E-state index contributed by atoms with van der Waals surface area (Å²) in [6.45, 7) is 3.57. The highest BCUT2D eigenvalue weighted by Gasteiger charge is 2.54. The second kappa shape index (κ2) is 35.3. The van der Waals surface area contributed by atoms with Gasteiger partial charge in [-0.3, -0.25) is 33.6 Å². The second-order valence-electron chi connectivity index (χ2n) is 22.3. The number of primary amides is 3. The molecule has 27 N–H and O–H groups in total. The molecular weight excluding hydrogens is 1300 g/mol. The number of thiazole rings is 2. The average molecular weight is 1380 g/mol. The van der Waals surface area contributed by atoms with Crippen LogP contribution < -0.4 is 66.3 Å². The van der Waals surface area contributed by atoms with Gasteiger partial charge in [0.1, 0.15) is 94.6 Å². The molecule has 2 aliphatic heterocycles. The molecule has 19 atom stereocenters. The Kier molecular flexibility index (Phi) is 28.4. The lowest BCUT2D eigenvalue weighted by Crippen LogP contribution is -2.65. The number of carbonyl (C=O) groups is 8. The van der Waals surface area contributed by atoms with Crippen LogP contribution in [0.15, 0.2) is 23.3 Å². The van der Waals surface area contributed by atoms with Gasteiger partial charge < -0.3 is 136 Å². The van der Waals surface area contributed by atoms with Gasteiger partial charge in [-0.05, 0) is 40.2 Å².